The van der Waals surface area contributed by atoms with Crippen LogP contribution in [0, 0.1) is 6.92 Å². The van der Waals surface area contributed by atoms with Gasteiger partial charge in [0.1, 0.15) is 0 Å². The number of sulfone groups is 1. The fraction of sp³-hybridized carbons (Fsp3) is 0.0667. The Hall–Kier alpha value is -1.14. The summed E-state index contributed by atoms with van der Waals surface area (Å²) >= 11 is 2.05. The number of hydrogen-bond donors (Lipinski definition) is 0. The largest absolute Gasteiger partial charge is 0.219 e. The van der Waals surface area contributed by atoms with Crippen molar-refractivity contribution < 1.29 is 8.42 Å². The highest BCUT2D eigenvalue weighted by Gasteiger charge is 2.11. The van der Waals surface area contributed by atoms with Gasteiger partial charge in [0, 0.05) is 8.99 Å². The van der Waals surface area contributed by atoms with Gasteiger partial charge in [-0.1, -0.05) is 48.0 Å². The maximum absolute atomic E-state index is 12.2. The van der Waals surface area contributed by atoms with Crippen molar-refractivity contribution >= 4 is 36.0 Å². The second-order valence-electron chi connectivity index (χ2n) is 4.19. The fourth-order valence-electron chi connectivity index (χ4n) is 1.60. The lowest BCUT2D eigenvalue weighted by Crippen LogP contribution is -1.96. The maximum atomic E-state index is 12.2. The Bertz CT molecular complexity index is 687. The van der Waals surface area contributed by atoms with Crippen LogP contribution in [0.15, 0.2) is 64.9 Å². The maximum Gasteiger partial charge on any atom is 0.200 e. The van der Waals surface area contributed by atoms with Crippen LogP contribution in [-0.2, 0) is 9.84 Å². The van der Waals surface area contributed by atoms with Crippen molar-refractivity contribution in [3.05, 3.63) is 71.1 Å². The highest BCUT2D eigenvalue weighted by atomic mass is 127. The topological polar surface area (TPSA) is 34.1 Å². The Morgan fingerprint density at radius 3 is 2.16 bits per heavy atom. The Balaban J connectivity index is 2.38. The van der Waals surface area contributed by atoms with Crippen molar-refractivity contribution in [1.82, 2.24) is 0 Å². The van der Waals surface area contributed by atoms with Crippen molar-refractivity contribution in [3.63, 3.8) is 0 Å². The normalized spacial score (nSPS) is 12.4. The summed E-state index contributed by atoms with van der Waals surface area (Å²) in [5.74, 6) is 0. The van der Waals surface area contributed by atoms with E-state index in [2.05, 4.69) is 22.6 Å². The minimum atomic E-state index is -3.39. The minimum absolute atomic E-state index is 0.316. The molecule has 0 aliphatic rings. The minimum Gasteiger partial charge on any atom is -0.219 e. The fourth-order valence-corrected chi connectivity index (χ4v) is 4.04. The molecule has 0 atom stereocenters. The summed E-state index contributed by atoms with van der Waals surface area (Å²) in [5.41, 5.74) is 2.06. The predicted octanol–water partition coefficient (Wildman–Crippen LogP) is 4.20. The van der Waals surface area contributed by atoms with E-state index >= 15 is 0 Å². The van der Waals surface area contributed by atoms with Crippen LogP contribution in [0.1, 0.15) is 11.1 Å². The highest BCUT2D eigenvalue weighted by Crippen LogP contribution is 2.25. The monoisotopic (exact) mass is 384 g/mol. The molecule has 2 nitrogen and oxygen atoms in total. The van der Waals surface area contributed by atoms with Crippen molar-refractivity contribution in [3.8, 4) is 0 Å². The summed E-state index contributed by atoms with van der Waals surface area (Å²) in [6.45, 7) is 2.00. The third-order valence-corrected chi connectivity index (χ3v) is 5.49. The van der Waals surface area contributed by atoms with Crippen LogP contribution < -0.4 is 0 Å². The van der Waals surface area contributed by atoms with E-state index in [4.69, 9.17) is 0 Å². The van der Waals surface area contributed by atoms with Gasteiger partial charge in [0.2, 0.25) is 9.84 Å². The van der Waals surface area contributed by atoms with Gasteiger partial charge >= 0.3 is 0 Å². The molecule has 0 N–H and O–H groups in total. The van der Waals surface area contributed by atoms with Crippen molar-refractivity contribution in [2.45, 2.75) is 11.8 Å². The summed E-state index contributed by atoms with van der Waals surface area (Å²) in [5, 5.41) is 1.31. The molecular formula is C15H13IO2S. The van der Waals surface area contributed by atoms with Gasteiger partial charge in [-0.05, 0) is 47.2 Å². The van der Waals surface area contributed by atoms with Crippen LogP contribution in [0.5, 0.6) is 0 Å². The lowest BCUT2D eigenvalue weighted by molar-refractivity contribution is 0.605. The smallest absolute Gasteiger partial charge is 0.200 e. The van der Waals surface area contributed by atoms with Gasteiger partial charge in [0.15, 0.2) is 0 Å². The van der Waals surface area contributed by atoms with Crippen molar-refractivity contribution in [2.75, 3.05) is 0 Å². The van der Waals surface area contributed by atoms with Gasteiger partial charge in [0.25, 0.3) is 0 Å². The van der Waals surface area contributed by atoms with Crippen LogP contribution in [0.3, 0.4) is 0 Å². The third kappa shape index (κ3) is 3.67. The molecule has 0 spiro atoms. The van der Waals surface area contributed by atoms with Crippen LogP contribution in [0.2, 0.25) is 0 Å². The molecule has 0 fully saturated rings. The van der Waals surface area contributed by atoms with Gasteiger partial charge in [-0.2, -0.15) is 0 Å². The van der Waals surface area contributed by atoms with Gasteiger partial charge in [-0.25, -0.2) is 8.42 Å². The number of rotatable bonds is 3. The lowest BCUT2D eigenvalue weighted by atomic mass is 10.1. The van der Waals surface area contributed by atoms with E-state index in [1.165, 1.54) is 5.41 Å². The van der Waals surface area contributed by atoms with Gasteiger partial charge in [0.05, 0.1) is 4.90 Å². The summed E-state index contributed by atoms with van der Waals surface area (Å²) in [6.07, 6.45) is 0. The van der Waals surface area contributed by atoms with Crippen LogP contribution in [0.4, 0.5) is 0 Å². The molecule has 2 aromatic carbocycles. The Labute approximate surface area is 127 Å². The highest BCUT2D eigenvalue weighted by molar-refractivity contribution is 14.1. The number of aryl methyl sites for hydroxylation is 1. The lowest BCUT2D eigenvalue weighted by Gasteiger charge is -2.02. The molecule has 0 aromatic heterocycles. The van der Waals surface area contributed by atoms with Gasteiger partial charge in [-0.15, -0.1) is 0 Å². The van der Waals surface area contributed by atoms with E-state index in [-0.39, 0.29) is 0 Å². The summed E-state index contributed by atoms with van der Waals surface area (Å²) in [7, 11) is -3.39. The second kappa shape index (κ2) is 5.88. The van der Waals surface area contributed by atoms with Crippen LogP contribution in [0.25, 0.3) is 3.58 Å². The Kier molecular flexibility index (Phi) is 4.42. The zero-order chi connectivity index (χ0) is 13.9. The standard InChI is InChI=1S/C15H13IO2S/c1-12-7-9-13(10-8-12)15(16)11-19(17,18)14-5-3-2-4-6-14/h2-11H,1H3/b15-11-. The molecule has 0 saturated heterocycles. The number of halogens is 1. The molecule has 0 amide bonds. The average molecular weight is 384 g/mol. The summed E-state index contributed by atoms with van der Waals surface area (Å²) in [6, 6.07) is 16.2. The first kappa shape index (κ1) is 14.3. The Morgan fingerprint density at radius 2 is 1.58 bits per heavy atom. The van der Waals surface area contributed by atoms with Crippen molar-refractivity contribution in [2.24, 2.45) is 0 Å². The molecular weight excluding hydrogens is 371 g/mol. The molecule has 19 heavy (non-hydrogen) atoms. The number of benzene rings is 2. The Morgan fingerprint density at radius 1 is 1.00 bits per heavy atom. The van der Waals surface area contributed by atoms with E-state index in [1.807, 2.05) is 31.2 Å². The van der Waals surface area contributed by atoms with Crippen LogP contribution in [-0.4, -0.2) is 8.42 Å². The zero-order valence-corrected chi connectivity index (χ0v) is 13.4. The molecule has 0 saturated carbocycles. The van der Waals surface area contributed by atoms with Gasteiger partial charge < -0.3 is 0 Å². The molecule has 0 unspecified atom stereocenters. The molecule has 0 radical (unpaired) electrons. The average Bonchev–Trinajstić information content (AvgIpc) is 2.40. The van der Waals surface area contributed by atoms with Crippen LogP contribution >= 0.6 is 22.6 Å². The van der Waals surface area contributed by atoms with E-state index in [1.54, 1.807) is 30.3 Å². The first-order valence-electron chi connectivity index (χ1n) is 5.73. The zero-order valence-electron chi connectivity index (χ0n) is 10.4. The first-order valence-corrected chi connectivity index (χ1v) is 8.36. The molecule has 2 aromatic rings. The van der Waals surface area contributed by atoms with E-state index in [9.17, 15) is 8.42 Å². The van der Waals surface area contributed by atoms with Gasteiger partial charge in [-0.3, -0.25) is 0 Å². The van der Waals surface area contributed by atoms with E-state index in [0.29, 0.717) is 8.48 Å². The number of hydrogen-bond acceptors (Lipinski definition) is 2. The third-order valence-electron chi connectivity index (χ3n) is 2.66. The molecule has 0 aliphatic carbocycles. The second-order valence-corrected chi connectivity index (χ2v) is 7.15. The molecule has 4 heteroatoms. The first-order chi connectivity index (χ1) is 8.99. The van der Waals surface area contributed by atoms with E-state index < -0.39 is 9.84 Å². The molecule has 2 rings (SSSR count). The molecule has 0 aliphatic heterocycles. The SMILES string of the molecule is Cc1ccc(/C(I)=C/S(=O)(=O)c2ccccc2)cc1. The van der Waals surface area contributed by atoms with Crippen molar-refractivity contribution in [1.29, 1.82) is 0 Å². The molecule has 98 valence electrons. The summed E-state index contributed by atoms with van der Waals surface area (Å²) in [4.78, 5) is 0.316. The predicted molar refractivity (Wildman–Crippen MR) is 86.8 cm³/mol. The quantitative estimate of drug-likeness (QED) is 0.744. The van der Waals surface area contributed by atoms with E-state index in [0.717, 1.165) is 11.1 Å². The molecule has 0 heterocycles. The summed E-state index contributed by atoms with van der Waals surface area (Å²) < 4.78 is 25.1. The molecule has 0 bridgehead atoms.